The van der Waals surface area contributed by atoms with E-state index in [-0.39, 0.29) is 16.3 Å². The average molecular weight is 427 g/mol. The second kappa shape index (κ2) is 7.31. The van der Waals surface area contributed by atoms with Crippen LogP contribution in [0.3, 0.4) is 0 Å². The van der Waals surface area contributed by atoms with E-state index in [2.05, 4.69) is 19.7 Å². The molecule has 0 amide bonds. The fourth-order valence-electron chi connectivity index (χ4n) is 2.91. The minimum absolute atomic E-state index is 0.232. The number of benzene rings is 2. The quantitative estimate of drug-likeness (QED) is 0.518. The SMILES string of the molecule is CS(=O)(=O)Nc1ccc(-c2nc3ccc(=O)[nH]c3nc2-c2ccccc2)cc1Cl. The second-order valence-corrected chi connectivity index (χ2v) is 8.57. The first kappa shape index (κ1) is 19.1. The largest absolute Gasteiger partial charge is 0.305 e. The molecule has 2 N–H and O–H groups in total. The number of sulfonamides is 1. The molecular weight excluding hydrogens is 412 g/mol. The molecule has 2 aromatic carbocycles. The third-order valence-corrected chi connectivity index (χ3v) is 5.05. The molecule has 0 saturated carbocycles. The molecule has 0 fully saturated rings. The smallest absolute Gasteiger partial charge is 0.249 e. The minimum atomic E-state index is -3.46. The van der Waals surface area contributed by atoms with Gasteiger partial charge in [-0.2, -0.15) is 0 Å². The maximum Gasteiger partial charge on any atom is 0.249 e. The summed E-state index contributed by atoms with van der Waals surface area (Å²) in [5.41, 5.74) is 3.51. The summed E-state index contributed by atoms with van der Waals surface area (Å²) < 4.78 is 25.4. The summed E-state index contributed by atoms with van der Waals surface area (Å²) in [7, 11) is -3.46. The summed E-state index contributed by atoms with van der Waals surface area (Å²) in [5.74, 6) is 0. The van der Waals surface area contributed by atoms with E-state index in [1.54, 1.807) is 24.3 Å². The van der Waals surface area contributed by atoms with E-state index in [0.717, 1.165) is 11.8 Å². The molecule has 4 rings (SSSR count). The van der Waals surface area contributed by atoms with E-state index in [1.165, 1.54) is 6.07 Å². The number of pyridine rings is 1. The van der Waals surface area contributed by atoms with Crippen molar-refractivity contribution in [2.45, 2.75) is 0 Å². The highest BCUT2D eigenvalue weighted by Gasteiger charge is 2.15. The van der Waals surface area contributed by atoms with Gasteiger partial charge in [-0.1, -0.05) is 48.0 Å². The number of anilines is 1. The standard InChI is InChI=1S/C20H15ClN4O3S/c1-29(27,28)25-15-8-7-13(11-14(15)21)19-18(12-5-3-2-4-6-12)24-20-16(22-19)9-10-17(26)23-20/h2-11,25H,1H3,(H,23,24,26). The average Bonchev–Trinajstić information content (AvgIpc) is 2.68. The van der Waals surface area contributed by atoms with Gasteiger partial charge >= 0.3 is 0 Å². The van der Waals surface area contributed by atoms with Gasteiger partial charge in [0.2, 0.25) is 15.6 Å². The summed E-state index contributed by atoms with van der Waals surface area (Å²) in [6.07, 6.45) is 1.06. The van der Waals surface area contributed by atoms with Gasteiger partial charge in [-0.25, -0.2) is 18.4 Å². The van der Waals surface area contributed by atoms with Crippen molar-refractivity contribution in [3.63, 3.8) is 0 Å². The van der Waals surface area contributed by atoms with Crippen LogP contribution in [0.4, 0.5) is 5.69 Å². The van der Waals surface area contributed by atoms with Gasteiger partial charge in [-0.15, -0.1) is 0 Å². The molecule has 29 heavy (non-hydrogen) atoms. The zero-order valence-corrected chi connectivity index (χ0v) is 16.8. The van der Waals surface area contributed by atoms with Gasteiger partial charge < -0.3 is 4.98 Å². The summed E-state index contributed by atoms with van der Waals surface area (Å²) in [6.45, 7) is 0. The van der Waals surface area contributed by atoms with Crippen LogP contribution < -0.4 is 10.3 Å². The molecule has 146 valence electrons. The van der Waals surface area contributed by atoms with E-state index < -0.39 is 10.0 Å². The maximum atomic E-state index is 11.7. The summed E-state index contributed by atoms with van der Waals surface area (Å²) in [4.78, 5) is 23.7. The van der Waals surface area contributed by atoms with Crippen LogP contribution in [0.2, 0.25) is 5.02 Å². The Kier molecular flexibility index (Phi) is 4.81. The molecule has 0 unspecified atom stereocenters. The fourth-order valence-corrected chi connectivity index (χ4v) is 3.77. The molecular formula is C20H15ClN4O3S. The lowest BCUT2D eigenvalue weighted by atomic mass is 10.0. The fraction of sp³-hybridized carbons (Fsp3) is 0.0500. The lowest BCUT2D eigenvalue weighted by Gasteiger charge is -2.12. The normalized spacial score (nSPS) is 11.5. The molecule has 0 radical (unpaired) electrons. The molecule has 0 atom stereocenters. The molecule has 2 aromatic heterocycles. The number of aromatic nitrogens is 3. The lowest BCUT2D eigenvalue weighted by Crippen LogP contribution is -2.10. The Bertz CT molecular complexity index is 1390. The first-order valence-electron chi connectivity index (χ1n) is 8.54. The number of H-pyrrole nitrogens is 1. The molecule has 0 aliphatic rings. The summed E-state index contributed by atoms with van der Waals surface area (Å²) in [6, 6.07) is 17.3. The van der Waals surface area contributed by atoms with Gasteiger partial charge in [0.05, 0.1) is 28.4 Å². The van der Waals surface area contributed by atoms with Crippen molar-refractivity contribution in [2.24, 2.45) is 0 Å². The molecule has 0 spiro atoms. The van der Waals surface area contributed by atoms with Gasteiger partial charge in [0, 0.05) is 17.2 Å². The monoisotopic (exact) mass is 426 g/mol. The zero-order valence-electron chi connectivity index (χ0n) is 15.2. The van der Waals surface area contributed by atoms with Crippen LogP contribution in [0.25, 0.3) is 33.7 Å². The predicted octanol–water partition coefficient (Wildman–Crippen LogP) is 3.68. The van der Waals surface area contributed by atoms with Crippen molar-refractivity contribution in [1.29, 1.82) is 0 Å². The number of nitrogens with one attached hydrogen (secondary N) is 2. The number of halogens is 1. The molecule has 9 heteroatoms. The van der Waals surface area contributed by atoms with Gasteiger partial charge in [-0.05, 0) is 18.2 Å². The third kappa shape index (κ3) is 4.13. The molecule has 4 aromatic rings. The Hall–Kier alpha value is -3.23. The highest BCUT2D eigenvalue weighted by Crippen LogP contribution is 2.34. The molecule has 0 aliphatic heterocycles. The topological polar surface area (TPSA) is 105 Å². The summed E-state index contributed by atoms with van der Waals surface area (Å²) in [5, 5.41) is 0.232. The van der Waals surface area contributed by atoms with Crippen LogP contribution >= 0.6 is 11.6 Å². The Balaban J connectivity index is 1.94. The Labute approximate surface area is 171 Å². The van der Waals surface area contributed by atoms with Crippen LogP contribution in [-0.4, -0.2) is 29.6 Å². The van der Waals surface area contributed by atoms with Crippen molar-refractivity contribution >= 4 is 38.5 Å². The van der Waals surface area contributed by atoms with Crippen LogP contribution in [0, 0.1) is 0 Å². The Morgan fingerprint density at radius 1 is 0.931 bits per heavy atom. The first-order chi connectivity index (χ1) is 13.8. The van der Waals surface area contributed by atoms with E-state index in [1.807, 2.05) is 30.3 Å². The number of hydrogen-bond donors (Lipinski definition) is 2. The van der Waals surface area contributed by atoms with Crippen LogP contribution in [0.1, 0.15) is 0 Å². The van der Waals surface area contributed by atoms with Gasteiger partial charge in [0.1, 0.15) is 5.52 Å². The maximum absolute atomic E-state index is 11.7. The first-order valence-corrected chi connectivity index (χ1v) is 10.8. The second-order valence-electron chi connectivity index (χ2n) is 6.41. The van der Waals surface area contributed by atoms with Gasteiger partial charge in [0.15, 0.2) is 5.65 Å². The number of nitrogens with zero attached hydrogens (tertiary/aromatic N) is 2. The van der Waals surface area contributed by atoms with Crippen LogP contribution in [0.5, 0.6) is 0 Å². The van der Waals surface area contributed by atoms with E-state index in [4.69, 9.17) is 11.6 Å². The molecule has 2 heterocycles. The number of aromatic amines is 1. The van der Waals surface area contributed by atoms with Crippen molar-refractivity contribution < 1.29 is 8.42 Å². The van der Waals surface area contributed by atoms with E-state index in [9.17, 15) is 13.2 Å². The molecule has 7 nitrogen and oxygen atoms in total. The van der Waals surface area contributed by atoms with Crippen LogP contribution in [-0.2, 0) is 10.0 Å². The molecule has 0 saturated heterocycles. The van der Waals surface area contributed by atoms with Crippen molar-refractivity contribution in [3.05, 3.63) is 76.0 Å². The molecule has 0 aliphatic carbocycles. The lowest BCUT2D eigenvalue weighted by molar-refractivity contribution is 0.607. The minimum Gasteiger partial charge on any atom is -0.305 e. The highest BCUT2D eigenvalue weighted by atomic mass is 35.5. The van der Waals surface area contributed by atoms with Crippen molar-refractivity contribution in [3.8, 4) is 22.5 Å². The van der Waals surface area contributed by atoms with Crippen molar-refractivity contribution in [2.75, 3.05) is 11.0 Å². The highest BCUT2D eigenvalue weighted by molar-refractivity contribution is 7.92. The summed E-state index contributed by atoms with van der Waals surface area (Å²) >= 11 is 6.30. The van der Waals surface area contributed by atoms with E-state index in [0.29, 0.717) is 28.1 Å². The van der Waals surface area contributed by atoms with Gasteiger partial charge in [0.25, 0.3) is 0 Å². The van der Waals surface area contributed by atoms with Crippen LogP contribution in [0.15, 0.2) is 65.5 Å². The number of rotatable bonds is 4. The third-order valence-electron chi connectivity index (χ3n) is 4.14. The number of hydrogen-bond acceptors (Lipinski definition) is 5. The van der Waals surface area contributed by atoms with E-state index >= 15 is 0 Å². The van der Waals surface area contributed by atoms with Gasteiger partial charge in [-0.3, -0.25) is 9.52 Å². The molecule has 0 bridgehead atoms. The van der Waals surface area contributed by atoms with Crippen molar-refractivity contribution in [1.82, 2.24) is 15.0 Å². The Morgan fingerprint density at radius 2 is 1.66 bits per heavy atom. The predicted molar refractivity (Wildman–Crippen MR) is 115 cm³/mol. The zero-order chi connectivity index (χ0) is 20.6. The number of fused-ring (bicyclic) bond motifs is 1. The Morgan fingerprint density at radius 3 is 2.34 bits per heavy atom.